The summed E-state index contributed by atoms with van der Waals surface area (Å²) in [7, 11) is 5.95. The number of nitrogens with zero attached hydrogens (tertiary/aromatic N) is 1. The van der Waals surface area contributed by atoms with Crippen molar-refractivity contribution in [2.75, 3.05) is 47.5 Å². The fourth-order valence-electron chi connectivity index (χ4n) is 7.82. The summed E-state index contributed by atoms with van der Waals surface area (Å²) in [5.74, 6) is -2.04. The second-order valence-corrected chi connectivity index (χ2v) is 20.9. The standard InChI is InChI=1S/C67H111NO8/c1-6-8-10-12-14-16-18-20-22-24-26-27-28-29-30-31-32-33-34-35-36-37-38-39-40-42-44-46-48-50-52-54-56-58-65(70)76-63(62-75-67(66(71)72)73-60-59-68(3,4)5)61-74-64(69)57-55-53-51-49-47-45-43-41-25-23-21-19-17-15-13-11-9-7-2/h8,10,14,16-17,19-20,22-23,25-27,29-30,32-33,35-36,38-39,63,67H,6-7,9,11-13,15,18,21,24,28,31,34,37,40-62H2,1-5H3/p+1/b10-8-,16-14-,19-17-,22-20-,25-23-,27-26-,30-29-,33-32-,36-35-,39-38-. The summed E-state index contributed by atoms with van der Waals surface area (Å²) in [6, 6.07) is 0. The molecule has 0 aromatic carbocycles. The van der Waals surface area contributed by atoms with Crippen LogP contribution in [0.4, 0.5) is 0 Å². The molecule has 0 amide bonds. The van der Waals surface area contributed by atoms with Gasteiger partial charge in [0.15, 0.2) is 6.10 Å². The van der Waals surface area contributed by atoms with Crippen molar-refractivity contribution in [3.05, 3.63) is 122 Å². The summed E-state index contributed by atoms with van der Waals surface area (Å²) >= 11 is 0. The third kappa shape index (κ3) is 57.4. The number of allylic oxidation sites excluding steroid dienone is 20. The van der Waals surface area contributed by atoms with Crippen molar-refractivity contribution in [2.24, 2.45) is 0 Å². The molecule has 432 valence electrons. The van der Waals surface area contributed by atoms with E-state index in [2.05, 4.69) is 135 Å². The summed E-state index contributed by atoms with van der Waals surface area (Å²) in [4.78, 5) is 37.4. The van der Waals surface area contributed by atoms with Crippen LogP contribution in [-0.2, 0) is 33.3 Å². The normalized spacial score (nSPS) is 13.6. The molecule has 0 heterocycles. The van der Waals surface area contributed by atoms with Gasteiger partial charge in [-0.3, -0.25) is 9.59 Å². The van der Waals surface area contributed by atoms with E-state index < -0.39 is 24.3 Å². The predicted octanol–water partition coefficient (Wildman–Crippen LogP) is 18.1. The second kappa shape index (κ2) is 56.9. The average Bonchev–Trinajstić information content (AvgIpc) is 3.39. The quantitative estimate of drug-likeness (QED) is 0.0211. The maximum atomic E-state index is 12.9. The number of carboxylic acid groups (broad SMARTS) is 1. The van der Waals surface area contributed by atoms with Crippen LogP contribution in [0.1, 0.15) is 226 Å². The molecule has 0 aromatic heterocycles. The van der Waals surface area contributed by atoms with Crippen molar-refractivity contribution in [1.29, 1.82) is 0 Å². The van der Waals surface area contributed by atoms with Gasteiger partial charge >= 0.3 is 17.9 Å². The highest BCUT2D eigenvalue weighted by Gasteiger charge is 2.25. The van der Waals surface area contributed by atoms with Gasteiger partial charge in [-0.05, 0) is 109 Å². The van der Waals surface area contributed by atoms with Crippen molar-refractivity contribution in [2.45, 2.75) is 238 Å². The number of esters is 2. The minimum Gasteiger partial charge on any atom is -0.477 e. The minimum absolute atomic E-state index is 0.178. The number of quaternary nitrogens is 1. The zero-order chi connectivity index (χ0) is 55.5. The first-order valence-corrected chi connectivity index (χ1v) is 30.2. The maximum Gasteiger partial charge on any atom is 0.361 e. The monoisotopic (exact) mass is 1060 g/mol. The van der Waals surface area contributed by atoms with E-state index in [1.807, 2.05) is 21.1 Å². The topological polar surface area (TPSA) is 108 Å². The molecule has 0 saturated heterocycles. The first kappa shape index (κ1) is 71.7. The Kier molecular flexibility index (Phi) is 53.7. The van der Waals surface area contributed by atoms with Gasteiger partial charge in [-0.2, -0.15) is 0 Å². The highest BCUT2D eigenvalue weighted by atomic mass is 16.7. The van der Waals surface area contributed by atoms with Gasteiger partial charge in [0.25, 0.3) is 6.29 Å². The number of likely N-dealkylation sites (N-methyl/N-ethyl adjacent to an activating group) is 1. The summed E-state index contributed by atoms with van der Waals surface area (Å²) < 4.78 is 22.9. The lowest BCUT2D eigenvalue weighted by molar-refractivity contribution is -0.870. The predicted molar refractivity (Wildman–Crippen MR) is 322 cm³/mol. The zero-order valence-corrected chi connectivity index (χ0v) is 49.1. The lowest BCUT2D eigenvalue weighted by Crippen LogP contribution is -2.40. The van der Waals surface area contributed by atoms with Crippen molar-refractivity contribution in [1.82, 2.24) is 0 Å². The summed E-state index contributed by atoms with van der Waals surface area (Å²) in [5, 5.41) is 9.71. The molecule has 0 aliphatic rings. The number of carboxylic acids is 1. The summed E-state index contributed by atoms with van der Waals surface area (Å²) in [5.41, 5.74) is 0. The number of rotatable bonds is 54. The molecule has 76 heavy (non-hydrogen) atoms. The number of ether oxygens (including phenoxy) is 4. The first-order valence-electron chi connectivity index (χ1n) is 30.2. The molecule has 0 spiro atoms. The molecule has 0 saturated carbocycles. The van der Waals surface area contributed by atoms with Gasteiger partial charge in [-0.15, -0.1) is 0 Å². The number of aliphatic carboxylic acids is 1. The molecular formula is C67H112NO8+. The molecule has 0 fully saturated rings. The Morgan fingerprint density at radius 1 is 0.408 bits per heavy atom. The lowest BCUT2D eigenvalue weighted by Gasteiger charge is -2.25. The Morgan fingerprint density at radius 3 is 1.12 bits per heavy atom. The molecule has 2 unspecified atom stereocenters. The highest BCUT2D eigenvalue weighted by molar-refractivity contribution is 5.71. The van der Waals surface area contributed by atoms with Crippen LogP contribution in [0, 0.1) is 0 Å². The Bertz CT molecular complexity index is 1660. The number of hydrogen-bond acceptors (Lipinski definition) is 7. The molecule has 9 heteroatoms. The summed E-state index contributed by atoms with van der Waals surface area (Å²) in [6.45, 7) is 4.72. The largest absolute Gasteiger partial charge is 0.477 e. The van der Waals surface area contributed by atoms with Crippen LogP contribution in [0.15, 0.2) is 122 Å². The third-order valence-electron chi connectivity index (χ3n) is 12.5. The highest BCUT2D eigenvalue weighted by Crippen LogP contribution is 2.14. The molecule has 0 radical (unpaired) electrons. The SMILES string of the molecule is CC/C=C\C/C=C\C/C=C\C/C=C\C/C=C\C/C=C\C/C=C\C/C=C\CCCCCCCCCCC(=O)OC(COC(=O)CCCCCCCCC/C=C\C/C=C\CCCCCC)COC(OCC[N+](C)(C)C)C(=O)O. The van der Waals surface area contributed by atoms with Crippen LogP contribution in [0.2, 0.25) is 0 Å². The Morgan fingerprint density at radius 2 is 0.750 bits per heavy atom. The third-order valence-corrected chi connectivity index (χ3v) is 12.5. The molecule has 0 aromatic rings. The van der Waals surface area contributed by atoms with E-state index in [0.29, 0.717) is 17.4 Å². The zero-order valence-electron chi connectivity index (χ0n) is 49.1. The van der Waals surface area contributed by atoms with Crippen molar-refractivity contribution < 1.29 is 42.9 Å². The van der Waals surface area contributed by atoms with E-state index >= 15 is 0 Å². The van der Waals surface area contributed by atoms with Crippen molar-refractivity contribution >= 4 is 17.9 Å². The molecule has 0 rings (SSSR count). The summed E-state index contributed by atoms with van der Waals surface area (Å²) in [6.07, 6.45) is 77.0. The Hall–Kier alpha value is -4.31. The van der Waals surface area contributed by atoms with Crippen LogP contribution in [-0.4, -0.2) is 87.4 Å². The number of hydrogen-bond donors (Lipinski definition) is 1. The molecule has 0 bridgehead atoms. The number of carbonyl (C=O) groups excluding carboxylic acids is 2. The van der Waals surface area contributed by atoms with Crippen molar-refractivity contribution in [3.8, 4) is 0 Å². The second-order valence-electron chi connectivity index (χ2n) is 20.9. The molecule has 0 aliphatic heterocycles. The van der Waals surface area contributed by atoms with E-state index in [0.717, 1.165) is 116 Å². The van der Waals surface area contributed by atoms with Gasteiger partial charge in [0, 0.05) is 12.8 Å². The first-order chi connectivity index (χ1) is 37.1. The molecule has 1 N–H and O–H groups in total. The van der Waals surface area contributed by atoms with E-state index in [1.54, 1.807) is 0 Å². The van der Waals surface area contributed by atoms with Crippen LogP contribution >= 0.6 is 0 Å². The fourth-order valence-corrected chi connectivity index (χ4v) is 7.82. The van der Waals surface area contributed by atoms with E-state index in [-0.39, 0.29) is 38.6 Å². The molecular weight excluding hydrogens is 947 g/mol. The van der Waals surface area contributed by atoms with Gasteiger partial charge < -0.3 is 28.5 Å². The van der Waals surface area contributed by atoms with Crippen LogP contribution < -0.4 is 0 Å². The number of carbonyl (C=O) groups is 3. The van der Waals surface area contributed by atoms with Gasteiger partial charge in [0.2, 0.25) is 0 Å². The van der Waals surface area contributed by atoms with Gasteiger partial charge in [0.1, 0.15) is 13.2 Å². The Labute approximate surface area is 466 Å². The van der Waals surface area contributed by atoms with E-state index in [9.17, 15) is 19.5 Å². The molecule has 2 atom stereocenters. The van der Waals surface area contributed by atoms with E-state index in [1.165, 1.54) is 77.0 Å². The lowest BCUT2D eigenvalue weighted by atomic mass is 10.1. The smallest absolute Gasteiger partial charge is 0.361 e. The van der Waals surface area contributed by atoms with Crippen LogP contribution in [0.5, 0.6) is 0 Å². The maximum absolute atomic E-state index is 12.9. The Balaban J connectivity index is 4.27. The van der Waals surface area contributed by atoms with Gasteiger partial charge in [-0.25, -0.2) is 4.79 Å². The minimum atomic E-state index is -1.52. The average molecular weight is 1060 g/mol. The van der Waals surface area contributed by atoms with Crippen LogP contribution in [0.3, 0.4) is 0 Å². The van der Waals surface area contributed by atoms with Gasteiger partial charge in [0.05, 0.1) is 34.4 Å². The molecule has 0 aliphatic carbocycles. The van der Waals surface area contributed by atoms with Crippen molar-refractivity contribution in [3.63, 3.8) is 0 Å². The fraction of sp³-hybridized carbons (Fsp3) is 0.657. The van der Waals surface area contributed by atoms with Crippen LogP contribution in [0.25, 0.3) is 0 Å². The van der Waals surface area contributed by atoms with E-state index in [4.69, 9.17) is 18.9 Å². The number of unbranched alkanes of at least 4 members (excludes halogenated alkanes) is 19. The van der Waals surface area contributed by atoms with Gasteiger partial charge in [-0.1, -0.05) is 225 Å². The molecule has 9 nitrogen and oxygen atoms in total.